The Hall–Kier alpha value is -4.66. The minimum absolute atomic E-state index is 0.0407. The molecule has 0 saturated carbocycles. The van der Waals surface area contributed by atoms with Crippen LogP contribution >= 0.6 is 0 Å². The molecular weight excluding hydrogens is 464 g/mol. The third-order valence-electron chi connectivity index (χ3n) is 5.71. The first-order valence-electron chi connectivity index (χ1n) is 11.1. The van der Waals surface area contributed by atoms with Gasteiger partial charge in [-0.2, -0.15) is 0 Å². The smallest absolute Gasteiger partial charge is 0.330 e. The summed E-state index contributed by atoms with van der Waals surface area (Å²) in [5.41, 5.74) is 1.53. The van der Waals surface area contributed by atoms with Gasteiger partial charge in [-0.15, -0.1) is 0 Å². The molecule has 184 valence electrons. The van der Waals surface area contributed by atoms with E-state index in [0.29, 0.717) is 17.2 Å². The van der Waals surface area contributed by atoms with Crippen molar-refractivity contribution in [3.05, 3.63) is 89.5 Å². The molecule has 0 radical (unpaired) electrons. The van der Waals surface area contributed by atoms with Gasteiger partial charge in [0.15, 0.2) is 6.61 Å². The number of hydrogen-bond donors (Lipinski definition) is 1. The Morgan fingerprint density at radius 3 is 2.11 bits per heavy atom. The second kappa shape index (κ2) is 10.7. The van der Waals surface area contributed by atoms with Crippen molar-refractivity contribution in [2.45, 2.75) is 12.5 Å². The van der Waals surface area contributed by atoms with Crippen molar-refractivity contribution in [1.29, 1.82) is 0 Å². The Morgan fingerprint density at radius 1 is 0.861 bits per heavy atom. The maximum atomic E-state index is 13.2. The van der Waals surface area contributed by atoms with E-state index in [1.807, 2.05) is 6.07 Å². The third kappa shape index (κ3) is 5.05. The summed E-state index contributed by atoms with van der Waals surface area (Å²) in [6.45, 7) is -0.623. The van der Waals surface area contributed by atoms with E-state index in [1.54, 1.807) is 54.6 Å². The summed E-state index contributed by atoms with van der Waals surface area (Å²) < 4.78 is 15.7. The molecule has 0 bridgehead atoms. The van der Waals surface area contributed by atoms with Crippen LogP contribution in [0.25, 0.3) is 0 Å². The molecule has 0 saturated heterocycles. The summed E-state index contributed by atoms with van der Waals surface area (Å²) in [6, 6.07) is 18.9. The van der Waals surface area contributed by atoms with Gasteiger partial charge in [0, 0.05) is 12.5 Å². The molecule has 3 aromatic carbocycles. The van der Waals surface area contributed by atoms with E-state index in [0.717, 1.165) is 10.5 Å². The highest BCUT2D eigenvalue weighted by Crippen LogP contribution is 2.29. The molecule has 1 N–H and O–H groups in total. The minimum Gasteiger partial charge on any atom is -0.497 e. The van der Waals surface area contributed by atoms with Crippen LogP contribution in [0, 0.1) is 0 Å². The van der Waals surface area contributed by atoms with Crippen LogP contribution in [0.15, 0.2) is 72.8 Å². The Balaban J connectivity index is 1.50. The van der Waals surface area contributed by atoms with Gasteiger partial charge < -0.3 is 19.5 Å². The number of hydrogen-bond acceptors (Lipinski definition) is 7. The number of fused-ring (bicyclic) bond motifs is 1. The summed E-state index contributed by atoms with van der Waals surface area (Å²) in [5.74, 6) is -1.75. The SMILES string of the molecule is COc1ccc(NC(=O)COC(=O)[C@H](Cc2ccccc2)N2C(=O)c3ccccc3C2=O)c(OC)c1. The monoisotopic (exact) mass is 488 g/mol. The normalized spacial score (nSPS) is 13.1. The van der Waals surface area contributed by atoms with Crippen LogP contribution in [0.5, 0.6) is 11.5 Å². The average molecular weight is 488 g/mol. The number of ether oxygens (including phenoxy) is 3. The number of nitrogens with one attached hydrogen (secondary N) is 1. The standard InChI is InChI=1S/C27H24N2O7/c1-34-18-12-13-21(23(15-18)35-2)28-24(30)16-36-27(33)22(14-17-8-4-3-5-9-17)29-25(31)19-10-6-7-11-20(19)26(29)32/h3-13,15,22H,14,16H2,1-2H3,(H,28,30)/t22-/m0/s1. The van der Waals surface area contributed by atoms with Crippen LogP contribution in [-0.2, 0) is 20.7 Å². The van der Waals surface area contributed by atoms with Gasteiger partial charge in [-0.3, -0.25) is 19.3 Å². The second-order valence-electron chi connectivity index (χ2n) is 7.95. The highest BCUT2D eigenvalue weighted by Gasteiger charge is 2.43. The Bertz CT molecular complexity index is 1270. The van der Waals surface area contributed by atoms with E-state index in [-0.39, 0.29) is 17.5 Å². The zero-order valence-corrected chi connectivity index (χ0v) is 19.7. The van der Waals surface area contributed by atoms with Crippen molar-refractivity contribution in [2.75, 3.05) is 26.1 Å². The molecule has 0 spiro atoms. The molecule has 1 aliphatic rings. The van der Waals surface area contributed by atoms with E-state index in [1.165, 1.54) is 26.4 Å². The van der Waals surface area contributed by atoms with Crippen LogP contribution in [-0.4, -0.2) is 55.5 Å². The first-order valence-corrected chi connectivity index (χ1v) is 11.1. The number of methoxy groups -OCH3 is 2. The molecule has 0 aliphatic carbocycles. The number of amides is 3. The molecule has 0 aromatic heterocycles. The first-order chi connectivity index (χ1) is 17.4. The van der Waals surface area contributed by atoms with E-state index in [4.69, 9.17) is 14.2 Å². The molecule has 3 aromatic rings. The van der Waals surface area contributed by atoms with Gasteiger partial charge in [-0.25, -0.2) is 4.79 Å². The van der Waals surface area contributed by atoms with Gasteiger partial charge in [-0.1, -0.05) is 42.5 Å². The fraction of sp³-hybridized carbons (Fsp3) is 0.185. The molecule has 9 heteroatoms. The number of carbonyl (C=O) groups excluding carboxylic acids is 4. The number of imide groups is 1. The summed E-state index contributed by atoms with van der Waals surface area (Å²) in [5, 5.41) is 2.61. The maximum absolute atomic E-state index is 13.2. The van der Waals surface area contributed by atoms with Crippen LogP contribution in [0.3, 0.4) is 0 Å². The van der Waals surface area contributed by atoms with Crippen molar-refractivity contribution >= 4 is 29.4 Å². The highest BCUT2D eigenvalue weighted by molar-refractivity contribution is 6.22. The van der Waals surface area contributed by atoms with Gasteiger partial charge in [-0.05, 0) is 29.8 Å². The van der Waals surface area contributed by atoms with Crippen LogP contribution < -0.4 is 14.8 Å². The molecule has 1 aliphatic heterocycles. The zero-order valence-electron chi connectivity index (χ0n) is 19.7. The lowest BCUT2D eigenvalue weighted by Crippen LogP contribution is -2.47. The fourth-order valence-electron chi connectivity index (χ4n) is 3.93. The van der Waals surface area contributed by atoms with E-state index >= 15 is 0 Å². The molecule has 0 fully saturated rings. The Morgan fingerprint density at radius 2 is 1.50 bits per heavy atom. The molecule has 1 heterocycles. The first kappa shape index (κ1) is 24.5. The number of esters is 1. The predicted octanol–water partition coefficient (Wildman–Crippen LogP) is 3.09. The summed E-state index contributed by atoms with van der Waals surface area (Å²) >= 11 is 0. The van der Waals surface area contributed by atoms with Crippen molar-refractivity contribution in [2.24, 2.45) is 0 Å². The van der Waals surface area contributed by atoms with Gasteiger partial charge in [0.2, 0.25) is 0 Å². The van der Waals surface area contributed by atoms with Gasteiger partial charge >= 0.3 is 5.97 Å². The zero-order chi connectivity index (χ0) is 25.7. The molecule has 4 rings (SSSR count). The van der Waals surface area contributed by atoms with E-state index in [9.17, 15) is 19.2 Å². The number of benzene rings is 3. The molecule has 9 nitrogen and oxygen atoms in total. The lowest BCUT2D eigenvalue weighted by atomic mass is 10.0. The fourth-order valence-corrected chi connectivity index (χ4v) is 3.93. The highest BCUT2D eigenvalue weighted by atomic mass is 16.5. The lowest BCUT2D eigenvalue weighted by Gasteiger charge is -2.24. The number of carbonyl (C=O) groups is 4. The number of nitrogens with zero attached hydrogens (tertiary/aromatic N) is 1. The van der Waals surface area contributed by atoms with E-state index in [2.05, 4.69) is 5.32 Å². The van der Waals surface area contributed by atoms with Crippen molar-refractivity contribution in [3.8, 4) is 11.5 Å². The molecule has 1 atom stereocenters. The third-order valence-corrected chi connectivity index (χ3v) is 5.71. The summed E-state index contributed by atoms with van der Waals surface area (Å²) in [4.78, 5) is 52.7. The topological polar surface area (TPSA) is 111 Å². The summed E-state index contributed by atoms with van der Waals surface area (Å²) in [7, 11) is 2.95. The number of anilines is 1. The quantitative estimate of drug-likeness (QED) is 0.364. The van der Waals surface area contributed by atoms with Crippen LogP contribution in [0.2, 0.25) is 0 Å². The van der Waals surface area contributed by atoms with Crippen molar-refractivity contribution in [3.63, 3.8) is 0 Å². The molecule has 3 amide bonds. The predicted molar refractivity (Wildman–Crippen MR) is 130 cm³/mol. The molecule has 0 unspecified atom stereocenters. The van der Waals surface area contributed by atoms with Crippen molar-refractivity contribution < 1.29 is 33.4 Å². The van der Waals surface area contributed by atoms with E-state index < -0.39 is 36.3 Å². The van der Waals surface area contributed by atoms with Gasteiger partial charge in [0.1, 0.15) is 17.5 Å². The minimum atomic E-state index is -1.25. The second-order valence-corrected chi connectivity index (χ2v) is 7.95. The van der Waals surface area contributed by atoms with Crippen LogP contribution in [0.4, 0.5) is 5.69 Å². The number of rotatable bonds is 9. The molecule has 36 heavy (non-hydrogen) atoms. The van der Waals surface area contributed by atoms with Gasteiger partial charge in [0.25, 0.3) is 17.7 Å². The average Bonchev–Trinajstić information content (AvgIpc) is 3.16. The van der Waals surface area contributed by atoms with Gasteiger partial charge in [0.05, 0.1) is 31.0 Å². The van der Waals surface area contributed by atoms with Crippen molar-refractivity contribution in [1.82, 2.24) is 4.90 Å². The summed E-state index contributed by atoms with van der Waals surface area (Å²) in [6.07, 6.45) is 0.0407. The maximum Gasteiger partial charge on any atom is 0.330 e. The Labute approximate surface area is 207 Å². The Kier molecular flexibility index (Phi) is 7.29. The largest absolute Gasteiger partial charge is 0.497 e. The lowest BCUT2D eigenvalue weighted by molar-refractivity contribution is -0.151. The molecular formula is C27H24N2O7. The van der Waals surface area contributed by atoms with Crippen LogP contribution in [0.1, 0.15) is 26.3 Å².